The molecule has 0 bridgehead atoms. The van der Waals surface area contributed by atoms with Gasteiger partial charge in [-0.1, -0.05) is 11.6 Å². The largest absolute Gasteiger partial charge is 0.495 e. The van der Waals surface area contributed by atoms with Gasteiger partial charge in [-0.3, -0.25) is 0 Å². The van der Waals surface area contributed by atoms with E-state index in [1.807, 2.05) is 6.07 Å². The standard InChI is InChI=1S/C13H17BrClNO2/c1-7-3-4-11(18-7)12(16)9-5-8(15)6-10(14)13(9)17-2/h5-7,11-12H,3-4,16H2,1-2H3. The molecule has 0 amide bonds. The summed E-state index contributed by atoms with van der Waals surface area (Å²) in [5, 5.41) is 0.638. The smallest absolute Gasteiger partial charge is 0.138 e. The summed E-state index contributed by atoms with van der Waals surface area (Å²) in [6.07, 6.45) is 2.31. The number of hydrogen-bond donors (Lipinski definition) is 1. The first-order valence-corrected chi connectivity index (χ1v) is 7.14. The Morgan fingerprint density at radius 1 is 1.50 bits per heavy atom. The van der Waals surface area contributed by atoms with Crippen molar-refractivity contribution < 1.29 is 9.47 Å². The monoisotopic (exact) mass is 333 g/mol. The van der Waals surface area contributed by atoms with Crippen LogP contribution in [0.5, 0.6) is 5.75 Å². The molecule has 3 atom stereocenters. The van der Waals surface area contributed by atoms with Gasteiger partial charge < -0.3 is 15.2 Å². The van der Waals surface area contributed by atoms with Gasteiger partial charge in [0.25, 0.3) is 0 Å². The maximum atomic E-state index is 6.29. The van der Waals surface area contributed by atoms with Crippen LogP contribution < -0.4 is 10.5 Å². The summed E-state index contributed by atoms with van der Waals surface area (Å²) in [4.78, 5) is 0. The molecule has 100 valence electrons. The molecule has 0 radical (unpaired) electrons. The zero-order valence-corrected chi connectivity index (χ0v) is 12.8. The molecule has 2 N–H and O–H groups in total. The van der Waals surface area contributed by atoms with E-state index in [9.17, 15) is 0 Å². The Morgan fingerprint density at radius 2 is 2.22 bits per heavy atom. The van der Waals surface area contributed by atoms with Crippen LogP contribution in [0.25, 0.3) is 0 Å². The minimum Gasteiger partial charge on any atom is -0.495 e. The molecule has 0 spiro atoms. The Kier molecular flexibility index (Phi) is 4.54. The highest BCUT2D eigenvalue weighted by Gasteiger charge is 2.30. The highest BCUT2D eigenvalue weighted by molar-refractivity contribution is 9.10. The van der Waals surface area contributed by atoms with Gasteiger partial charge in [-0.25, -0.2) is 0 Å². The van der Waals surface area contributed by atoms with Crippen molar-refractivity contribution in [3.63, 3.8) is 0 Å². The van der Waals surface area contributed by atoms with Crippen molar-refractivity contribution in [1.29, 1.82) is 0 Å². The first kappa shape index (κ1) is 14.1. The van der Waals surface area contributed by atoms with E-state index in [1.165, 1.54) is 0 Å². The van der Waals surface area contributed by atoms with Gasteiger partial charge in [0, 0.05) is 10.6 Å². The lowest BCUT2D eigenvalue weighted by atomic mass is 9.99. The van der Waals surface area contributed by atoms with Gasteiger partial charge in [0.1, 0.15) is 5.75 Å². The van der Waals surface area contributed by atoms with Crippen molar-refractivity contribution >= 4 is 27.5 Å². The molecule has 0 aromatic heterocycles. The van der Waals surface area contributed by atoms with Crippen molar-refractivity contribution in [2.24, 2.45) is 5.73 Å². The molecule has 5 heteroatoms. The molecule has 1 heterocycles. The summed E-state index contributed by atoms with van der Waals surface area (Å²) < 4.78 is 12.0. The van der Waals surface area contributed by atoms with Crippen molar-refractivity contribution in [3.8, 4) is 5.75 Å². The summed E-state index contributed by atoms with van der Waals surface area (Å²) in [6, 6.07) is 3.43. The van der Waals surface area contributed by atoms with Crippen molar-refractivity contribution in [1.82, 2.24) is 0 Å². The van der Waals surface area contributed by atoms with E-state index in [4.69, 9.17) is 26.8 Å². The molecule has 1 aliphatic rings. The Balaban J connectivity index is 2.31. The average molecular weight is 335 g/mol. The van der Waals surface area contributed by atoms with Crippen LogP contribution in [-0.2, 0) is 4.74 Å². The lowest BCUT2D eigenvalue weighted by molar-refractivity contribution is 0.0396. The van der Waals surface area contributed by atoms with Crippen LogP contribution in [-0.4, -0.2) is 19.3 Å². The van der Waals surface area contributed by atoms with Gasteiger partial charge in [-0.05, 0) is 47.8 Å². The fourth-order valence-corrected chi connectivity index (χ4v) is 3.34. The normalized spacial score (nSPS) is 25.2. The minimum atomic E-state index is -0.222. The fourth-order valence-electron chi connectivity index (χ4n) is 2.34. The van der Waals surface area contributed by atoms with Crippen LogP contribution in [0.15, 0.2) is 16.6 Å². The zero-order chi connectivity index (χ0) is 13.3. The van der Waals surface area contributed by atoms with Crippen LogP contribution in [0.2, 0.25) is 5.02 Å². The maximum absolute atomic E-state index is 6.29. The number of ether oxygens (including phenoxy) is 2. The topological polar surface area (TPSA) is 44.5 Å². The van der Waals surface area contributed by atoms with E-state index in [0.29, 0.717) is 5.02 Å². The lowest BCUT2D eigenvalue weighted by Gasteiger charge is -2.22. The summed E-state index contributed by atoms with van der Waals surface area (Å²) in [5.74, 6) is 0.732. The highest BCUT2D eigenvalue weighted by atomic mass is 79.9. The number of halogens is 2. The second kappa shape index (κ2) is 5.78. The number of rotatable bonds is 3. The summed E-state index contributed by atoms with van der Waals surface area (Å²) >= 11 is 9.52. The summed E-state index contributed by atoms with van der Waals surface area (Å²) in [5.41, 5.74) is 7.18. The Labute approximate surface area is 121 Å². The third-order valence-corrected chi connectivity index (χ3v) is 4.07. The molecule has 0 aliphatic carbocycles. The van der Waals surface area contributed by atoms with Gasteiger partial charge in [0.2, 0.25) is 0 Å². The Morgan fingerprint density at radius 3 is 2.78 bits per heavy atom. The van der Waals surface area contributed by atoms with E-state index in [1.54, 1.807) is 13.2 Å². The molecular weight excluding hydrogens is 318 g/mol. The molecule has 2 rings (SSSR count). The molecule has 18 heavy (non-hydrogen) atoms. The molecule has 1 aliphatic heterocycles. The summed E-state index contributed by atoms with van der Waals surface area (Å²) in [7, 11) is 1.63. The summed E-state index contributed by atoms with van der Waals surface area (Å²) in [6.45, 7) is 2.07. The van der Waals surface area contributed by atoms with Gasteiger partial charge in [0.15, 0.2) is 0 Å². The molecule has 1 aromatic rings. The predicted octanol–water partition coefficient (Wildman–Crippen LogP) is 3.68. The first-order chi connectivity index (χ1) is 8.52. The third kappa shape index (κ3) is 2.82. The third-order valence-electron chi connectivity index (χ3n) is 3.27. The molecule has 1 aromatic carbocycles. The second-order valence-electron chi connectivity index (χ2n) is 4.60. The Hall–Kier alpha value is -0.290. The van der Waals surface area contributed by atoms with Crippen LogP contribution >= 0.6 is 27.5 Å². The van der Waals surface area contributed by atoms with Gasteiger partial charge in [-0.2, -0.15) is 0 Å². The fraction of sp³-hybridized carbons (Fsp3) is 0.538. The molecule has 0 saturated carbocycles. The van der Waals surface area contributed by atoms with E-state index in [0.717, 1.165) is 28.6 Å². The number of methoxy groups -OCH3 is 1. The average Bonchev–Trinajstić information content (AvgIpc) is 2.74. The molecule has 3 unspecified atom stereocenters. The molecule has 1 saturated heterocycles. The van der Waals surface area contributed by atoms with Crippen molar-refractivity contribution in [3.05, 3.63) is 27.2 Å². The van der Waals surface area contributed by atoms with Crippen molar-refractivity contribution in [2.45, 2.75) is 38.0 Å². The number of benzene rings is 1. The quantitative estimate of drug-likeness (QED) is 0.917. The Bertz CT molecular complexity index is 441. The van der Waals surface area contributed by atoms with Gasteiger partial charge in [0.05, 0.1) is 29.8 Å². The van der Waals surface area contributed by atoms with Gasteiger partial charge >= 0.3 is 0 Å². The zero-order valence-electron chi connectivity index (χ0n) is 10.5. The maximum Gasteiger partial charge on any atom is 0.138 e. The van der Waals surface area contributed by atoms with Crippen LogP contribution in [0.4, 0.5) is 0 Å². The lowest BCUT2D eigenvalue weighted by Crippen LogP contribution is -2.26. The van der Waals surface area contributed by atoms with E-state index < -0.39 is 0 Å². The van der Waals surface area contributed by atoms with Crippen LogP contribution in [0.3, 0.4) is 0 Å². The van der Waals surface area contributed by atoms with E-state index in [-0.39, 0.29) is 18.2 Å². The van der Waals surface area contributed by atoms with Gasteiger partial charge in [-0.15, -0.1) is 0 Å². The first-order valence-electron chi connectivity index (χ1n) is 5.97. The molecular formula is C13H17BrClNO2. The molecule has 1 fully saturated rings. The minimum absolute atomic E-state index is 0.0271. The van der Waals surface area contributed by atoms with Crippen LogP contribution in [0.1, 0.15) is 31.4 Å². The van der Waals surface area contributed by atoms with Crippen molar-refractivity contribution in [2.75, 3.05) is 7.11 Å². The SMILES string of the molecule is COc1c(Br)cc(Cl)cc1C(N)C1CCC(C)O1. The highest BCUT2D eigenvalue weighted by Crippen LogP contribution is 2.39. The molecule has 3 nitrogen and oxygen atoms in total. The predicted molar refractivity (Wildman–Crippen MR) is 76.2 cm³/mol. The number of nitrogens with two attached hydrogens (primary N) is 1. The van der Waals surface area contributed by atoms with E-state index in [2.05, 4.69) is 22.9 Å². The van der Waals surface area contributed by atoms with Crippen LogP contribution in [0, 0.1) is 0 Å². The van der Waals surface area contributed by atoms with E-state index >= 15 is 0 Å². The number of hydrogen-bond acceptors (Lipinski definition) is 3. The second-order valence-corrected chi connectivity index (χ2v) is 5.89.